The highest BCUT2D eigenvalue weighted by atomic mass is 16.2. The maximum absolute atomic E-state index is 12.9. The molecule has 5 nitrogen and oxygen atoms in total. The molecule has 0 bridgehead atoms. The number of carbonyl (C=O) groups is 2. The zero-order chi connectivity index (χ0) is 19.9. The summed E-state index contributed by atoms with van der Waals surface area (Å²) in [5.41, 5.74) is 3.18. The van der Waals surface area contributed by atoms with E-state index in [0.29, 0.717) is 6.54 Å². The monoisotopic (exact) mass is 379 g/mol. The Balaban J connectivity index is 1.65. The van der Waals surface area contributed by atoms with Gasteiger partial charge in [-0.2, -0.15) is 0 Å². The van der Waals surface area contributed by atoms with Crippen LogP contribution in [0, 0.1) is 0 Å². The zero-order valence-electron chi connectivity index (χ0n) is 16.7. The van der Waals surface area contributed by atoms with Crippen molar-refractivity contribution in [3.63, 3.8) is 0 Å². The molecule has 2 amide bonds. The molecule has 28 heavy (non-hydrogen) atoms. The van der Waals surface area contributed by atoms with Crippen molar-refractivity contribution in [3.05, 3.63) is 65.7 Å². The Morgan fingerprint density at radius 3 is 2.57 bits per heavy atom. The molecule has 3 rings (SSSR count). The Morgan fingerprint density at radius 2 is 1.82 bits per heavy atom. The average Bonchev–Trinajstić information content (AvgIpc) is 2.69. The van der Waals surface area contributed by atoms with Gasteiger partial charge in [0.15, 0.2) is 0 Å². The lowest BCUT2D eigenvalue weighted by Gasteiger charge is -2.36. The number of carbonyl (C=O) groups excluding carboxylic acids is 2. The minimum absolute atomic E-state index is 0.0102. The van der Waals surface area contributed by atoms with E-state index in [9.17, 15) is 9.59 Å². The van der Waals surface area contributed by atoms with Gasteiger partial charge in [-0.1, -0.05) is 48.5 Å². The van der Waals surface area contributed by atoms with Crippen LogP contribution in [-0.4, -0.2) is 41.9 Å². The highest BCUT2D eigenvalue weighted by Crippen LogP contribution is 2.20. The van der Waals surface area contributed by atoms with Crippen LogP contribution in [0.2, 0.25) is 0 Å². The van der Waals surface area contributed by atoms with E-state index < -0.39 is 0 Å². The first-order chi connectivity index (χ1) is 13.5. The number of piperidine rings is 1. The summed E-state index contributed by atoms with van der Waals surface area (Å²) in [6, 6.07) is 18.1. The SMILES string of the molecule is CC(=O)NC1CCCN(C(C)C(=O)Nc2ccccc2Cc2ccccc2)C1. The fourth-order valence-corrected chi connectivity index (χ4v) is 3.78. The van der Waals surface area contributed by atoms with Crippen LogP contribution in [0.1, 0.15) is 37.8 Å². The number of amides is 2. The summed E-state index contributed by atoms with van der Waals surface area (Å²) < 4.78 is 0. The van der Waals surface area contributed by atoms with Gasteiger partial charge in [0.05, 0.1) is 6.04 Å². The molecule has 0 aromatic heterocycles. The molecule has 1 heterocycles. The van der Waals surface area contributed by atoms with Crippen LogP contribution >= 0.6 is 0 Å². The number of para-hydroxylation sites is 1. The summed E-state index contributed by atoms with van der Waals surface area (Å²) in [6.45, 7) is 5.06. The first kappa shape index (κ1) is 20.1. The number of hydrogen-bond acceptors (Lipinski definition) is 3. The van der Waals surface area contributed by atoms with Crippen LogP contribution in [0.15, 0.2) is 54.6 Å². The molecule has 0 spiro atoms. The molecular weight excluding hydrogens is 350 g/mol. The summed E-state index contributed by atoms with van der Waals surface area (Å²) in [7, 11) is 0. The van der Waals surface area contributed by atoms with Crippen molar-refractivity contribution in [1.29, 1.82) is 0 Å². The van der Waals surface area contributed by atoms with Crippen LogP contribution in [0.5, 0.6) is 0 Å². The number of likely N-dealkylation sites (tertiary alicyclic amines) is 1. The second-order valence-electron chi connectivity index (χ2n) is 7.52. The van der Waals surface area contributed by atoms with Crippen LogP contribution in [0.25, 0.3) is 0 Å². The summed E-state index contributed by atoms with van der Waals surface area (Å²) in [5, 5.41) is 6.09. The topological polar surface area (TPSA) is 61.4 Å². The van der Waals surface area contributed by atoms with E-state index in [1.54, 1.807) is 6.92 Å². The Bertz CT molecular complexity index is 807. The van der Waals surface area contributed by atoms with E-state index in [2.05, 4.69) is 33.7 Å². The van der Waals surface area contributed by atoms with Gasteiger partial charge in [-0.05, 0) is 49.9 Å². The minimum atomic E-state index is -0.249. The quantitative estimate of drug-likeness (QED) is 0.810. The molecule has 2 aromatic rings. The van der Waals surface area contributed by atoms with Gasteiger partial charge in [0.2, 0.25) is 11.8 Å². The van der Waals surface area contributed by atoms with Crippen molar-refractivity contribution in [2.45, 2.75) is 45.2 Å². The van der Waals surface area contributed by atoms with Crippen molar-refractivity contribution >= 4 is 17.5 Å². The average molecular weight is 380 g/mol. The Morgan fingerprint density at radius 1 is 1.11 bits per heavy atom. The van der Waals surface area contributed by atoms with Crippen molar-refractivity contribution in [2.24, 2.45) is 0 Å². The predicted octanol–water partition coefficient (Wildman–Crippen LogP) is 3.20. The molecule has 0 radical (unpaired) electrons. The predicted molar refractivity (Wildman–Crippen MR) is 112 cm³/mol. The van der Waals surface area contributed by atoms with Gasteiger partial charge in [-0.3, -0.25) is 14.5 Å². The molecule has 2 N–H and O–H groups in total. The highest BCUT2D eigenvalue weighted by molar-refractivity contribution is 5.95. The second-order valence-corrected chi connectivity index (χ2v) is 7.52. The fraction of sp³-hybridized carbons (Fsp3) is 0.391. The third-order valence-electron chi connectivity index (χ3n) is 5.30. The molecule has 1 aliphatic heterocycles. The highest BCUT2D eigenvalue weighted by Gasteiger charge is 2.28. The fourth-order valence-electron chi connectivity index (χ4n) is 3.78. The van der Waals surface area contributed by atoms with Crippen molar-refractivity contribution < 1.29 is 9.59 Å². The number of anilines is 1. The van der Waals surface area contributed by atoms with Crippen molar-refractivity contribution in [1.82, 2.24) is 10.2 Å². The third-order valence-corrected chi connectivity index (χ3v) is 5.30. The van der Waals surface area contributed by atoms with E-state index in [1.165, 1.54) is 5.56 Å². The molecule has 2 atom stereocenters. The molecule has 5 heteroatoms. The van der Waals surface area contributed by atoms with Gasteiger partial charge in [0, 0.05) is 25.2 Å². The standard InChI is InChI=1S/C23H29N3O2/c1-17(26-14-8-12-21(16-26)24-18(2)27)23(28)25-22-13-7-6-11-20(22)15-19-9-4-3-5-10-19/h3-7,9-11,13,17,21H,8,12,14-16H2,1-2H3,(H,24,27)(H,25,28). The van der Waals surface area contributed by atoms with Gasteiger partial charge < -0.3 is 10.6 Å². The number of rotatable bonds is 6. The number of nitrogens with one attached hydrogen (secondary N) is 2. The summed E-state index contributed by atoms with van der Waals surface area (Å²) >= 11 is 0. The smallest absolute Gasteiger partial charge is 0.241 e. The zero-order valence-corrected chi connectivity index (χ0v) is 16.7. The van der Waals surface area contributed by atoms with Crippen molar-refractivity contribution in [2.75, 3.05) is 18.4 Å². The van der Waals surface area contributed by atoms with Crippen LogP contribution in [-0.2, 0) is 16.0 Å². The maximum atomic E-state index is 12.9. The number of hydrogen-bond donors (Lipinski definition) is 2. The molecule has 2 unspecified atom stereocenters. The van der Waals surface area contributed by atoms with Crippen LogP contribution in [0.4, 0.5) is 5.69 Å². The van der Waals surface area contributed by atoms with Gasteiger partial charge >= 0.3 is 0 Å². The van der Waals surface area contributed by atoms with E-state index in [4.69, 9.17) is 0 Å². The maximum Gasteiger partial charge on any atom is 0.241 e. The summed E-state index contributed by atoms with van der Waals surface area (Å²) in [6.07, 6.45) is 2.72. The summed E-state index contributed by atoms with van der Waals surface area (Å²) in [5.74, 6) is -0.0252. The lowest BCUT2D eigenvalue weighted by molar-refractivity contribution is -0.121. The molecule has 2 aromatic carbocycles. The lowest BCUT2D eigenvalue weighted by atomic mass is 10.0. The molecule has 1 saturated heterocycles. The van der Waals surface area contributed by atoms with E-state index in [0.717, 1.165) is 37.1 Å². The molecule has 0 saturated carbocycles. The number of benzene rings is 2. The largest absolute Gasteiger partial charge is 0.352 e. The molecule has 1 fully saturated rings. The molecule has 1 aliphatic rings. The van der Waals surface area contributed by atoms with Gasteiger partial charge in [0.1, 0.15) is 0 Å². The van der Waals surface area contributed by atoms with E-state index in [1.807, 2.05) is 43.3 Å². The van der Waals surface area contributed by atoms with Gasteiger partial charge in [0.25, 0.3) is 0 Å². The number of nitrogens with zero attached hydrogens (tertiary/aromatic N) is 1. The Hall–Kier alpha value is -2.66. The van der Waals surface area contributed by atoms with E-state index >= 15 is 0 Å². The molecule has 148 valence electrons. The Kier molecular flexibility index (Phi) is 6.82. The van der Waals surface area contributed by atoms with Gasteiger partial charge in [-0.15, -0.1) is 0 Å². The molecule has 0 aliphatic carbocycles. The third kappa shape index (κ3) is 5.42. The lowest BCUT2D eigenvalue weighted by Crippen LogP contribution is -2.52. The first-order valence-corrected chi connectivity index (χ1v) is 9.97. The Labute approximate surface area is 167 Å². The van der Waals surface area contributed by atoms with Gasteiger partial charge in [-0.25, -0.2) is 0 Å². The minimum Gasteiger partial charge on any atom is -0.352 e. The van der Waals surface area contributed by atoms with E-state index in [-0.39, 0.29) is 23.9 Å². The van der Waals surface area contributed by atoms with Crippen LogP contribution in [0.3, 0.4) is 0 Å². The first-order valence-electron chi connectivity index (χ1n) is 9.97. The molecular formula is C23H29N3O2. The second kappa shape index (κ2) is 9.51. The summed E-state index contributed by atoms with van der Waals surface area (Å²) in [4.78, 5) is 26.4. The normalized spacial score (nSPS) is 18.3. The van der Waals surface area contributed by atoms with Crippen LogP contribution < -0.4 is 10.6 Å². The van der Waals surface area contributed by atoms with Crippen molar-refractivity contribution in [3.8, 4) is 0 Å².